The van der Waals surface area contributed by atoms with Gasteiger partial charge in [0.25, 0.3) is 0 Å². The summed E-state index contributed by atoms with van der Waals surface area (Å²) < 4.78 is 5.17. The maximum absolute atomic E-state index is 11.9. The molecule has 0 unspecified atom stereocenters. The Hall–Kier alpha value is -2.50. The van der Waals surface area contributed by atoms with Crippen LogP contribution in [0.3, 0.4) is 0 Å². The highest BCUT2D eigenvalue weighted by Gasteiger charge is 2.23. The molecule has 1 atom stereocenters. The molecule has 2 rings (SSSR count). The van der Waals surface area contributed by atoms with Crippen LogP contribution < -0.4 is 5.32 Å². The van der Waals surface area contributed by atoms with Crippen molar-refractivity contribution >= 4 is 12.2 Å². The summed E-state index contributed by atoms with van der Waals surface area (Å²) in [5.41, 5.74) is 1.85. The Morgan fingerprint density at radius 2 is 2.09 bits per heavy atom. The van der Waals surface area contributed by atoms with E-state index in [0.717, 1.165) is 11.1 Å². The van der Waals surface area contributed by atoms with E-state index in [-0.39, 0.29) is 19.2 Å². The van der Waals surface area contributed by atoms with Crippen molar-refractivity contribution in [2.24, 2.45) is 0 Å². The number of carbonyl (C=O) groups excluding carboxylic acids is 1. The summed E-state index contributed by atoms with van der Waals surface area (Å²) in [7, 11) is 0. The van der Waals surface area contributed by atoms with E-state index >= 15 is 0 Å². The van der Waals surface area contributed by atoms with Crippen LogP contribution in [0.15, 0.2) is 42.0 Å². The Morgan fingerprint density at radius 3 is 2.77 bits per heavy atom. The van der Waals surface area contributed by atoms with Gasteiger partial charge in [-0.25, -0.2) is 9.59 Å². The predicted octanol–water partition coefficient (Wildman–Crippen LogP) is 2.61. The van der Waals surface area contributed by atoms with Crippen LogP contribution in [0.4, 0.5) is 9.59 Å². The average molecular weight is 304 g/mol. The molecular formula is C16H20N2O4. The van der Waals surface area contributed by atoms with Gasteiger partial charge in [-0.05, 0) is 18.9 Å². The highest BCUT2D eigenvalue weighted by molar-refractivity contribution is 5.69. The molecule has 118 valence electrons. The zero-order valence-corrected chi connectivity index (χ0v) is 12.5. The Balaban J connectivity index is 1.89. The standard InChI is InChI=1S/C16H20N2O4/c1-12-6-5-9-18(16(20)21)10-14(12)17-15(19)22-11-13-7-3-2-4-8-13/h2-4,6-8,14H,5,9-11H2,1H3,(H,17,19)(H,20,21)/t14-/m1/s1. The van der Waals surface area contributed by atoms with Crippen molar-refractivity contribution < 1.29 is 19.4 Å². The normalized spacial score (nSPS) is 18.1. The van der Waals surface area contributed by atoms with Crippen LogP contribution in [0.5, 0.6) is 0 Å². The van der Waals surface area contributed by atoms with Crippen molar-refractivity contribution in [3.63, 3.8) is 0 Å². The minimum absolute atomic E-state index is 0.185. The van der Waals surface area contributed by atoms with Crippen molar-refractivity contribution in [1.29, 1.82) is 0 Å². The first-order valence-corrected chi connectivity index (χ1v) is 7.18. The molecule has 0 aromatic heterocycles. The minimum Gasteiger partial charge on any atom is -0.465 e. The summed E-state index contributed by atoms with van der Waals surface area (Å²) in [4.78, 5) is 24.3. The number of hydrogen-bond donors (Lipinski definition) is 2. The molecule has 0 saturated heterocycles. The quantitative estimate of drug-likeness (QED) is 0.841. The second-order valence-corrected chi connectivity index (χ2v) is 5.22. The molecule has 6 nitrogen and oxygen atoms in total. The van der Waals surface area contributed by atoms with E-state index in [2.05, 4.69) is 5.32 Å². The Bertz CT molecular complexity index is 557. The zero-order valence-electron chi connectivity index (χ0n) is 12.5. The Kier molecular flexibility index (Phi) is 5.41. The Morgan fingerprint density at radius 1 is 1.36 bits per heavy atom. The van der Waals surface area contributed by atoms with Crippen molar-refractivity contribution in [2.45, 2.75) is 26.0 Å². The van der Waals surface area contributed by atoms with Gasteiger partial charge in [-0.1, -0.05) is 42.0 Å². The fourth-order valence-corrected chi connectivity index (χ4v) is 2.29. The van der Waals surface area contributed by atoms with Crippen molar-refractivity contribution in [3.05, 3.63) is 47.5 Å². The molecule has 22 heavy (non-hydrogen) atoms. The Labute approximate surface area is 129 Å². The van der Waals surface area contributed by atoms with Crippen molar-refractivity contribution in [1.82, 2.24) is 10.2 Å². The SMILES string of the molecule is CC1=CCCN(C(=O)O)C[C@H]1NC(=O)OCc1ccccc1. The summed E-state index contributed by atoms with van der Waals surface area (Å²) >= 11 is 0. The molecule has 1 aromatic rings. The minimum atomic E-state index is -0.979. The highest BCUT2D eigenvalue weighted by Crippen LogP contribution is 2.12. The molecule has 1 aliphatic heterocycles. The first-order valence-electron chi connectivity index (χ1n) is 7.18. The number of rotatable bonds is 3. The number of carboxylic acid groups (broad SMARTS) is 1. The van der Waals surface area contributed by atoms with Gasteiger partial charge in [0.05, 0.1) is 6.04 Å². The number of benzene rings is 1. The molecule has 0 radical (unpaired) electrons. The van der Waals surface area contributed by atoms with Crippen molar-refractivity contribution in [2.75, 3.05) is 13.1 Å². The van der Waals surface area contributed by atoms with Crippen LogP contribution in [-0.4, -0.2) is 41.3 Å². The van der Waals surface area contributed by atoms with Crippen molar-refractivity contribution in [3.8, 4) is 0 Å². The van der Waals surface area contributed by atoms with Crippen LogP contribution >= 0.6 is 0 Å². The maximum Gasteiger partial charge on any atom is 0.408 e. The molecule has 0 bridgehead atoms. The lowest BCUT2D eigenvalue weighted by Crippen LogP contribution is -2.45. The molecule has 0 aliphatic carbocycles. The lowest BCUT2D eigenvalue weighted by molar-refractivity contribution is 0.128. The van der Waals surface area contributed by atoms with Gasteiger partial charge in [0.15, 0.2) is 0 Å². The van der Waals surface area contributed by atoms with Crippen LogP contribution in [0, 0.1) is 0 Å². The molecule has 1 heterocycles. The summed E-state index contributed by atoms with van der Waals surface area (Å²) in [5.74, 6) is 0. The number of nitrogens with one attached hydrogen (secondary N) is 1. The monoisotopic (exact) mass is 304 g/mol. The molecule has 0 saturated carbocycles. The third-order valence-corrected chi connectivity index (χ3v) is 3.59. The van der Waals surface area contributed by atoms with Gasteiger partial charge in [0.2, 0.25) is 0 Å². The van der Waals surface area contributed by atoms with E-state index in [0.29, 0.717) is 13.0 Å². The van der Waals surface area contributed by atoms with Crippen LogP contribution in [0.2, 0.25) is 0 Å². The topological polar surface area (TPSA) is 78.9 Å². The number of nitrogens with zero attached hydrogens (tertiary/aromatic N) is 1. The van der Waals surface area contributed by atoms with Gasteiger partial charge in [0, 0.05) is 13.1 Å². The fourth-order valence-electron chi connectivity index (χ4n) is 2.29. The zero-order chi connectivity index (χ0) is 15.9. The first kappa shape index (κ1) is 15.9. The average Bonchev–Trinajstić information content (AvgIpc) is 2.69. The largest absolute Gasteiger partial charge is 0.465 e. The van der Waals surface area contributed by atoms with E-state index < -0.39 is 12.2 Å². The van der Waals surface area contributed by atoms with E-state index in [1.165, 1.54) is 4.90 Å². The lowest BCUT2D eigenvalue weighted by atomic mass is 10.1. The van der Waals surface area contributed by atoms with E-state index in [9.17, 15) is 9.59 Å². The number of alkyl carbamates (subject to hydrolysis) is 1. The number of hydrogen-bond acceptors (Lipinski definition) is 3. The van der Waals surface area contributed by atoms with E-state index in [1.807, 2.05) is 43.3 Å². The first-order chi connectivity index (χ1) is 10.6. The maximum atomic E-state index is 11.9. The third-order valence-electron chi connectivity index (χ3n) is 3.59. The molecule has 1 aliphatic rings. The summed E-state index contributed by atoms with van der Waals surface area (Å²) in [6.45, 7) is 2.74. The van der Waals surface area contributed by atoms with Crippen LogP contribution in [-0.2, 0) is 11.3 Å². The summed E-state index contributed by atoms with van der Waals surface area (Å²) in [6, 6.07) is 9.02. The molecular weight excluding hydrogens is 284 g/mol. The molecule has 2 N–H and O–H groups in total. The van der Waals surface area contributed by atoms with E-state index in [4.69, 9.17) is 9.84 Å². The number of amides is 2. The fraction of sp³-hybridized carbons (Fsp3) is 0.375. The predicted molar refractivity (Wildman–Crippen MR) is 81.5 cm³/mol. The van der Waals surface area contributed by atoms with Crippen LogP contribution in [0.25, 0.3) is 0 Å². The summed E-state index contributed by atoms with van der Waals surface area (Å²) in [6.07, 6.45) is 1.07. The molecule has 6 heteroatoms. The van der Waals surface area contributed by atoms with Gasteiger partial charge < -0.3 is 20.1 Å². The molecule has 2 amide bonds. The third kappa shape index (κ3) is 4.51. The van der Waals surface area contributed by atoms with E-state index in [1.54, 1.807) is 0 Å². The second-order valence-electron chi connectivity index (χ2n) is 5.22. The van der Waals surface area contributed by atoms with Crippen LogP contribution in [0.1, 0.15) is 18.9 Å². The summed E-state index contributed by atoms with van der Waals surface area (Å²) in [5, 5.41) is 11.8. The van der Waals surface area contributed by atoms with Gasteiger partial charge >= 0.3 is 12.2 Å². The molecule has 1 aromatic carbocycles. The smallest absolute Gasteiger partial charge is 0.408 e. The molecule has 0 spiro atoms. The van der Waals surface area contributed by atoms with Gasteiger partial charge in [0.1, 0.15) is 6.61 Å². The molecule has 0 fully saturated rings. The van der Waals surface area contributed by atoms with Gasteiger partial charge in [-0.2, -0.15) is 0 Å². The lowest BCUT2D eigenvalue weighted by Gasteiger charge is -2.23. The number of carbonyl (C=O) groups is 2. The number of ether oxygens (including phenoxy) is 1. The highest BCUT2D eigenvalue weighted by atomic mass is 16.5. The second kappa shape index (κ2) is 7.49. The van der Waals surface area contributed by atoms with Gasteiger partial charge in [-0.3, -0.25) is 0 Å². The van der Waals surface area contributed by atoms with Gasteiger partial charge in [-0.15, -0.1) is 0 Å².